The molecule has 0 saturated carbocycles. The van der Waals surface area contributed by atoms with Crippen LogP contribution in [0.4, 0.5) is 0 Å². The van der Waals surface area contributed by atoms with Crippen LogP contribution in [0.3, 0.4) is 0 Å². The van der Waals surface area contributed by atoms with Gasteiger partial charge in [0.25, 0.3) is 5.56 Å². The van der Waals surface area contributed by atoms with Crippen molar-refractivity contribution in [2.45, 2.75) is 75.7 Å². The number of likely N-dealkylation sites (N-methyl/N-ethyl adjacent to an activating group) is 1. The van der Waals surface area contributed by atoms with Crippen LogP contribution in [0, 0.1) is 5.92 Å². The minimum absolute atomic E-state index is 0.0301. The quantitative estimate of drug-likeness (QED) is 0.429. The lowest BCUT2D eigenvalue weighted by molar-refractivity contribution is 0.127. The summed E-state index contributed by atoms with van der Waals surface area (Å²) < 4.78 is 3.42. The van der Waals surface area contributed by atoms with E-state index >= 15 is 0 Å². The Morgan fingerprint density at radius 2 is 1.82 bits per heavy atom. The van der Waals surface area contributed by atoms with Crippen molar-refractivity contribution in [2.24, 2.45) is 5.92 Å². The van der Waals surface area contributed by atoms with Crippen LogP contribution in [0.5, 0.6) is 0 Å². The summed E-state index contributed by atoms with van der Waals surface area (Å²) in [5.41, 5.74) is 5.40. The molecule has 3 saturated heterocycles. The van der Waals surface area contributed by atoms with Crippen LogP contribution in [0.1, 0.15) is 51.5 Å². The highest BCUT2D eigenvalue weighted by molar-refractivity contribution is 6.31. The maximum atomic E-state index is 13.8. The second-order valence-corrected chi connectivity index (χ2v) is 12.4. The van der Waals surface area contributed by atoms with Crippen molar-refractivity contribution >= 4 is 23.2 Å². The zero-order chi connectivity index (χ0) is 27.8. The second-order valence-electron chi connectivity index (χ2n) is 11.6. The van der Waals surface area contributed by atoms with Crippen molar-refractivity contribution in [3.05, 3.63) is 57.3 Å². The number of nitrogens with one attached hydrogen (secondary N) is 3. The van der Waals surface area contributed by atoms with E-state index in [1.165, 1.54) is 0 Å². The number of aromatic nitrogens is 5. The summed E-state index contributed by atoms with van der Waals surface area (Å²) >= 11 is 12.4. The summed E-state index contributed by atoms with van der Waals surface area (Å²) in [4.78, 5) is 18.6. The molecular formula is C28H37Cl2N9O. The summed E-state index contributed by atoms with van der Waals surface area (Å²) in [7, 11) is 2.15. The fourth-order valence-corrected chi connectivity index (χ4v) is 7.10. The van der Waals surface area contributed by atoms with E-state index in [-0.39, 0.29) is 22.8 Å². The predicted octanol–water partition coefficient (Wildman–Crippen LogP) is 3.45. The highest BCUT2D eigenvalue weighted by Crippen LogP contribution is 2.32. The molecule has 40 heavy (non-hydrogen) atoms. The van der Waals surface area contributed by atoms with Crippen LogP contribution in [0.2, 0.25) is 10.2 Å². The second kappa shape index (κ2) is 11.9. The van der Waals surface area contributed by atoms with Crippen LogP contribution >= 0.6 is 23.2 Å². The molecule has 10 nitrogen and oxygen atoms in total. The summed E-state index contributed by atoms with van der Waals surface area (Å²) in [6, 6.07) is 8.34. The molecule has 3 aromatic rings. The van der Waals surface area contributed by atoms with Gasteiger partial charge < -0.3 is 10.6 Å². The summed E-state index contributed by atoms with van der Waals surface area (Å²) in [6.07, 6.45) is 9.74. The van der Waals surface area contributed by atoms with E-state index in [0.717, 1.165) is 51.6 Å². The van der Waals surface area contributed by atoms with E-state index in [0.29, 0.717) is 46.0 Å². The first-order valence-electron chi connectivity index (χ1n) is 14.3. The molecular weight excluding hydrogens is 549 g/mol. The number of nitrogens with zero attached hydrogens (tertiary/aromatic N) is 6. The average molecular weight is 587 g/mol. The van der Waals surface area contributed by atoms with Gasteiger partial charge in [-0.15, -0.1) is 5.10 Å². The Labute approximate surface area is 244 Å². The first kappa shape index (κ1) is 27.8. The Hall–Kier alpha value is -2.34. The zero-order valence-electron chi connectivity index (χ0n) is 22.9. The molecule has 4 unspecified atom stereocenters. The van der Waals surface area contributed by atoms with Crippen LogP contribution in [-0.2, 0) is 0 Å². The standard InChI is InChI=1S/C28H37Cl2N9O/c1-17-5-3-8-25(20-6-4-7-21(34-20)28-23(31-13-17)14-33-37(28)2)38-16-32-22(12-27(38)40)19-11-18(29)9-10-24(19)39-15-26(30)35-36-39/h9-12,15-17,20-21,23,25,28,31,33-34H,3-8,13-14H2,1-2H3/t17-,20?,21?,23?,25-,28?/m1/s1. The molecule has 1 aromatic carbocycles. The van der Waals surface area contributed by atoms with Crippen molar-refractivity contribution < 1.29 is 0 Å². The molecule has 0 spiro atoms. The van der Waals surface area contributed by atoms with Gasteiger partial charge in [0.1, 0.15) is 0 Å². The van der Waals surface area contributed by atoms with Gasteiger partial charge >= 0.3 is 0 Å². The van der Waals surface area contributed by atoms with Gasteiger partial charge in [-0.2, -0.15) is 0 Å². The van der Waals surface area contributed by atoms with Gasteiger partial charge in [0.05, 0.1) is 36.0 Å². The highest BCUT2D eigenvalue weighted by Gasteiger charge is 2.41. The predicted molar refractivity (Wildman–Crippen MR) is 157 cm³/mol. The molecule has 3 aliphatic rings. The fraction of sp³-hybridized carbons (Fsp3) is 0.571. The van der Waals surface area contributed by atoms with E-state index in [2.05, 4.69) is 45.4 Å². The van der Waals surface area contributed by atoms with Crippen molar-refractivity contribution in [2.75, 3.05) is 20.1 Å². The van der Waals surface area contributed by atoms with Gasteiger partial charge in [-0.05, 0) is 56.3 Å². The third-order valence-electron chi connectivity index (χ3n) is 8.82. The maximum Gasteiger partial charge on any atom is 0.254 e. The molecule has 12 heteroatoms. The fourth-order valence-electron chi connectivity index (χ4n) is 6.80. The summed E-state index contributed by atoms with van der Waals surface area (Å²) in [5, 5.41) is 18.9. The van der Waals surface area contributed by atoms with Gasteiger partial charge in [0.15, 0.2) is 5.15 Å². The first-order valence-corrected chi connectivity index (χ1v) is 15.0. The molecule has 3 aliphatic heterocycles. The first-order chi connectivity index (χ1) is 19.4. The van der Waals surface area contributed by atoms with E-state index in [1.807, 2.05) is 10.6 Å². The monoisotopic (exact) mass is 585 g/mol. The Balaban J connectivity index is 1.33. The lowest BCUT2D eigenvalue weighted by Gasteiger charge is -2.42. The van der Waals surface area contributed by atoms with E-state index in [9.17, 15) is 4.79 Å². The van der Waals surface area contributed by atoms with E-state index in [4.69, 9.17) is 28.2 Å². The lowest BCUT2D eigenvalue weighted by Crippen LogP contribution is -2.60. The largest absolute Gasteiger partial charge is 0.311 e. The average Bonchev–Trinajstić information content (AvgIpc) is 3.54. The van der Waals surface area contributed by atoms with Gasteiger partial charge in [0.2, 0.25) is 0 Å². The third-order valence-corrected chi connectivity index (χ3v) is 9.23. The molecule has 3 N–H and O–H groups in total. The molecule has 5 heterocycles. The van der Waals surface area contributed by atoms with Gasteiger partial charge in [0, 0.05) is 48.4 Å². The number of rotatable bonds is 3. The van der Waals surface area contributed by atoms with Gasteiger partial charge in [-0.25, -0.2) is 14.7 Å². The number of benzene rings is 1. The number of halogens is 2. The number of piperidine rings is 1. The van der Waals surface area contributed by atoms with Gasteiger partial charge in [-0.3, -0.25) is 14.8 Å². The lowest BCUT2D eigenvalue weighted by atomic mass is 9.85. The number of hydrogen-bond donors (Lipinski definition) is 3. The topological polar surface area (TPSA) is 105 Å². The molecule has 2 aromatic heterocycles. The van der Waals surface area contributed by atoms with Crippen LogP contribution in [-0.4, -0.2) is 73.9 Å². The number of fused-ring (bicyclic) bond motifs is 4. The van der Waals surface area contributed by atoms with Crippen LogP contribution < -0.4 is 21.6 Å². The zero-order valence-corrected chi connectivity index (χ0v) is 24.4. The molecule has 0 aliphatic carbocycles. The van der Waals surface area contributed by atoms with Crippen molar-refractivity contribution in [1.82, 2.24) is 45.6 Å². The maximum absolute atomic E-state index is 13.8. The SMILES string of the molecule is C[C@@H]1CCC[C@@H](n2cnc(-c3cc(Cl)ccc3-n3cc(Cl)nn3)cc2=O)C2CCCC(N2)C2C(CNN2C)NC1. The van der Waals surface area contributed by atoms with Crippen LogP contribution in [0.25, 0.3) is 16.9 Å². The highest BCUT2D eigenvalue weighted by atomic mass is 35.5. The smallest absolute Gasteiger partial charge is 0.254 e. The van der Waals surface area contributed by atoms with E-state index in [1.54, 1.807) is 35.4 Å². The summed E-state index contributed by atoms with van der Waals surface area (Å²) in [5.74, 6) is 0.572. The molecule has 214 valence electrons. The number of hydrazine groups is 1. The Morgan fingerprint density at radius 1 is 1.00 bits per heavy atom. The molecule has 2 bridgehead atoms. The van der Waals surface area contributed by atoms with Crippen molar-refractivity contribution in [3.63, 3.8) is 0 Å². The van der Waals surface area contributed by atoms with Gasteiger partial charge in [-0.1, -0.05) is 48.2 Å². The van der Waals surface area contributed by atoms with E-state index < -0.39 is 0 Å². The molecule has 6 atom stereocenters. The normalized spacial score (nSPS) is 29.9. The Kier molecular flexibility index (Phi) is 8.26. The third kappa shape index (κ3) is 5.70. The molecule has 0 amide bonds. The van der Waals surface area contributed by atoms with Crippen LogP contribution in [0.15, 0.2) is 41.6 Å². The summed E-state index contributed by atoms with van der Waals surface area (Å²) in [6.45, 7) is 4.27. The minimum Gasteiger partial charge on any atom is -0.311 e. The van der Waals surface area contributed by atoms with Crippen molar-refractivity contribution in [1.29, 1.82) is 0 Å². The minimum atomic E-state index is -0.0687. The Bertz CT molecular complexity index is 1390. The Morgan fingerprint density at radius 3 is 2.62 bits per heavy atom. The number of hydrogen-bond acceptors (Lipinski definition) is 8. The molecule has 3 fully saturated rings. The molecule has 6 rings (SSSR count). The molecule has 0 radical (unpaired) electrons. The van der Waals surface area contributed by atoms with Crippen molar-refractivity contribution in [3.8, 4) is 16.9 Å².